The van der Waals surface area contributed by atoms with Crippen molar-refractivity contribution in [1.29, 1.82) is 0 Å². The number of nitrogens with zero attached hydrogens (tertiary/aromatic N) is 2. The molecule has 0 atom stereocenters. The summed E-state index contributed by atoms with van der Waals surface area (Å²) in [6, 6.07) is 1.95. The Kier molecular flexibility index (Phi) is 4.50. The van der Waals surface area contributed by atoms with Crippen molar-refractivity contribution in [2.24, 2.45) is 0 Å². The SMILES string of the molecule is Cc1cc(N)cnc1NCCN1CCSCC1. The van der Waals surface area contributed by atoms with Crippen LogP contribution in [0.15, 0.2) is 12.3 Å². The van der Waals surface area contributed by atoms with E-state index in [0.717, 1.165) is 30.2 Å². The second kappa shape index (κ2) is 6.12. The molecule has 0 aliphatic carbocycles. The van der Waals surface area contributed by atoms with Gasteiger partial charge in [-0.2, -0.15) is 11.8 Å². The van der Waals surface area contributed by atoms with Crippen molar-refractivity contribution in [2.45, 2.75) is 6.92 Å². The number of hydrogen-bond acceptors (Lipinski definition) is 5. The van der Waals surface area contributed by atoms with Crippen LogP contribution in [-0.2, 0) is 0 Å². The molecule has 1 aromatic rings. The number of aryl methyl sites for hydroxylation is 1. The predicted molar refractivity (Wildman–Crippen MR) is 75.6 cm³/mol. The van der Waals surface area contributed by atoms with Gasteiger partial charge in [-0.25, -0.2) is 4.98 Å². The van der Waals surface area contributed by atoms with Crippen LogP contribution in [0.2, 0.25) is 0 Å². The summed E-state index contributed by atoms with van der Waals surface area (Å²) in [4.78, 5) is 6.80. The third-order valence-corrected chi connectivity index (χ3v) is 3.87. The largest absolute Gasteiger partial charge is 0.397 e. The predicted octanol–water partition coefficient (Wildman–Crippen LogP) is 1.43. The van der Waals surface area contributed by atoms with Gasteiger partial charge in [0, 0.05) is 37.7 Å². The number of hydrogen-bond donors (Lipinski definition) is 2. The summed E-state index contributed by atoms with van der Waals surface area (Å²) in [5, 5.41) is 3.37. The van der Waals surface area contributed by atoms with E-state index >= 15 is 0 Å². The second-order valence-electron chi connectivity index (χ2n) is 4.31. The number of aromatic nitrogens is 1. The molecule has 5 heteroatoms. The summed E-state index contributed by atoms with van der Waals surface area (Å²) in [5.74, 6) is 3.48. The number of pyridine rings is 1. The van der Waals surface area contributed by atoms with Gasteiger partial charge < -0.3 is 11.1 Å². The molecule has 17 heavy (non-hydrogen) atoms. The molecule has 0 saturated carbocycles. The minimum absolute atomic E-state index is 0.723. The average Bonchev–Trinajstić information content (AvgIpc) is 2.33. The zero-order chi connectivity index (χ0) is 12.1. The highest BCUT2D eigenvalue weighted by atomic mass is 32.2. The van der Waals surface area contributed by atoms with Crippen LogP contribution in [0.25, 0.3) is 0 Å². The lowest BCUT2D eigenvalue weighted by molar-refractivity contribution is 0.314. The first-order valence-electron chi connectivity index (χ1n) is 6.02. The zero-order valence-corrected chi connectivity index (χ0v) is 11.1. The van der Waals surface area contributed by atoms with Gasteiger partial charge >= 0.3 is 0 Å². The van der Waals surface area contributed by atoms with Crippen molar-refractivity contribution in [3.63, 3.8) is 0 Å². The van der Waals surface area contributed by atoms with Gasteiger partial charge in [-0.3, -0.25) is 4.90 Å². The number of nitrogens with two attached hydrogens (primary N) is 1. The van der Waals surface area contributed by atoms with Crippen LogP contribution in [-0.4, -0.2) is 47.6 Å². The van der Waals surface area contributed by atoms with Gasteiger partial charge in [0.2, 0.25) is 0 Å². The van der Waals surface area contributed by atoms with Crippen molar-refractivity contribution in [1.82, 2.24) is 9.88 Å². The van der Waals surface area contributed by atoms with E-state index < -0.39 is 0 Å². The van der Waals surface area contributed by atoms with Gasteiger partial charge in [-0.15, -0.1) is 0 Å². The van der Waals surface area contributed by atoms with E-state index in [2.05, 4.69) is 15.2 Å². The zero-order valence-electron chi connectivity index (χ0n) is 10.3. The topological polar surface area (TPSA) is 54.2 Å². The van der Waals surface area contributed by atoms with Gasteiger partial charge in [-0.05, 0) is 18.6 Å². The summed E-state index contributed by atoms with van der Waals surface area (Å²) < 4.78 is 0. The highest BCUT2D eigenvalue weighted by Crippen LogP contribution is 2.13. The second-order valence-corrected chi connectivity index (χ2v) is 5.54. The molecule has 1 fully saturated rings. The summed E-state index contributed by atoms with van der Waals surface area (Å²) in [6.07, 6.45) is 1.70. The molecule has 3 N–H and O–H groups in total. The van der Waals surface area contributed by atoms with Gasteiger partial charge in [0.25, 0.3) is 0 Å². The van der Waals surface area contributed by atoms with Gasteiger partial charge in [0.15, 0.2) is 0 Å². The van der Waals surface area contributed by atoms with E-state index in [1.165, 1.54) is 24.6 Å². The molecule has 2 rings (SSSR count). The van der Waals surface area contributed by atoms with Crippen LogP contribution < -0.4 is 11.1 Å². The minimum atomic E-state index is 0.723. The monoisotopic (exact) mass is 252 g/mol. The van der Waals surface area contributed by atoms with Crippen LogP contribution in [0.4, 0.5) is 11.5 Å². The van der Waals surface area contributed by atoms with Crippen molar-refractivity contribution < 1.29 is 0 Å². The Hall–Kier alpha value is -0.940. The van der Waals surface area contributed by atoms with Crippen LogP contribution in [0.5, 0.6) is 0 Å². The molecular weight excluding hydrogens is 232 g/mol. The Morgan fingerprint density at radius 3 is 2.94 bits per heavy atom. The Bertz CT molecular complexity index is 364. The van der Waals surface area contributed by atoms with Crippen LogP contribution in [0, 0.1) is 6.92 Å². The maximum atomic E-state index is 5.67. The van der Waals surface area contributed by atoms with E-state index in [1.807, 2.05) is 24.8 Å². The van der Waals surface area contributed by atoms with Gasteiger partial charge in [0.1, 0.15) is 5.82 Å². The summed E-state index contributed by atoms with van der Waals surface area (Å²) in [6.45, 7) is 6.48. The first-order valence-corrected chi connectivity index (χ1v) is 7.17. The molecule has 0 bridgehead atoms. The van der Waals surface area contributed by atoms with Gasteiger partial charge in [0.05, 0.1) is 11.9 Å². The van der Waals surface area contributed by atoms with Gasteiger partial charge in [-0.1, -0.05) is 0 Å². The smallest absolute Gasteiger partial charge is 0.129 e. The van der Waals surface area contributed by atoms with E-state index in [4.69, 9.17) is 5.73 Å². The van der Waals surface area contributed by atoms with Crippen LogP contribution >= 0.6 is 11.8 Å². The molecule has 1 aliphatic heterocycles. The van der Waals surface area contributed by atoms with Crippen LogP contribution in [0.1, 0.15) is 5.56 Å². The maximum absolute atomic E-state index is 5.67. The molecule has 1 aromatic heterocycles. The fraction of sp³-hybridized carbons (Fsp3) is 0.583. The first-order chi connectivity index (χ1) is 8.25. The number of anilines is 2. The molecule has 1 aliphatic rings. The molecule has 0 unspecified atom stereocenters. The standard InChI is InChI=1S/C12H20N4S/c1-10-8-11(13)9-15-12(10)14-2-3-16-4-6-17-7-5-16/h8-9H,2-7,13H2,1H3,(H,14,15). The van der Waals surface area contributed by atoms with Crippen LogP contribution in [0.3, 0.4) is 0 Å². The molecule has 0 spiro atoms. The molecular formula is C12H20N4S. The molecule has 0 radical (unpaired) electrons. The molecule has 0 aromatic carbocycles. The molecule has 2 heterocycles. The number of thioether (sulfide) groups is 1. The highest BCUT2D eigenvalue weighted by Gasteiger charge is 2.09. The fourth-order valence-corrected chi connectivity index (χ4v) is 2.92. The minimum Gasteiger partial charge on any atom is -0.397 e. The Morgan fingerprint density at radius 2 is 2.24 bits per heavy atom. The fourth-order valence-electron chi connectivity index (χ4n) is 1.94. The summed E-state index contributed by atoms with van der Waals surface area (Å²) >= 11 is 2.04. The van der Waals surface area contributed by atoms with Crippen molar-refractivity contribution in [2.75, 3.05) is 48.7 Å². The maximum Gasteiger partial charge on any atom is 0.129 e. The summed E-state index contributed by atoms with van der Waals surface area (Å²) in [5.41, 5.74) is 7.51. The lowest BCUT2D eigenvalue weighted by Crippen LogP contribution is -2.36. The van der Waals surface area contributed by atoms with E-state index in [-0.39, 0.29) is 0 Å². The Labute approximate surface area is 107 Å². The molecule has 4 nitrogen and oxygen atoms in total. The third kappa shape index (κ3) is 3.78. The Morgan fingerprint density at radius 1 is 1.47 bits per heavy atom. The number of rotatable bonds is 4. The highest BCUT2D eigenvalue weighted by molar-refractivity contribution is 7.99. The first kappa shape index (κ1) is 12.5. The molecule has 0 amide bonds. The third-order valence-electron chi connectivity index (χ3n) is 2.92. The molecule has 1 saturated heterocycles. The van der Waals surface area contributed by atoms with E-state index in [9.17, 15) is 0 Å². The van der Waals surface area contributed by atoms with Crippen molar-refractivity contribution >= 4 is 23.3 Å². The Balaban J connectivity index is 1.77. The van der Waals surface area contributed by atoms with E-state index in [1.54, 1.807) is 6.20 Å². The summed E-state index contributed by atoms with van der Waals surface area (Å²) in [7, 11) is 0. The average molecular weight is 252 g/mol. The number of nitrogen functional groups attached to an aromatic ring is 1. The van der Waals surface area contributed by atoms with Crippen molar-refractivity contribution in [3.05, 3.63) is 17.8 Å². The van der Waals surface area contributed by atoms with Crippen molar-refractivity contribution in [3.8, 4) is 0 Å². The lowest BCUT2D eigenvalue weighted by Gasteiger charge is -2.26. The van der Waals surface area contributed by atoms with E-state index in [0.29, 0.717) is 0 Å². The molecule has 94 valence electrons. The number of nitrogens with one attached hydrogen (secondary N) is 1. The lowest BCUT2D eigenvalue weighted by atomic mass is 10.2. The normalized spacial score (nSPS) is 17.0. The quantitative estimate of drug-likeness (QED) is 0.849.